The zero-order valence-corrected chi connectivity index (χ0v) is 11.3. The van der Waals surface area contributed by atoms with Crippen molar-refractivity contribution < 1.29 is 4.79 Å². The second-order valence-corrected chi connectivity index (χ2v) is 6.58. The lowest BCUT2D eigenvalue weighted by atomic mass is 9.62. The van der Waals surface area contributed by atoms with Gasteiger partial charge >= 0.3 is 0 Å². The number of hydrogen-bond acceptors (Lipinski definition) is 1. The van der Waals surface area contributed by atoms with Crippen molar-refractivity contribution in [3.8, 4) is 0 Å². The van der Waals surface area contributed by atoms with Gasteiger partial charge in [-0.2, -0.15) is 0 Å². The highest BCUT2D eigenvalue weighted by atomic mass is 16.1. The van der Waals surface area contributed by atoms with Gasteiger partial charge in [0.15, 0.2) is 0 Å². The van der Waals surface area contributed by atoms with Gasteiger partial charge in [-0.25, -0.2) is 0 Å². The molecule has 17 heavy (non-hydrogen) atoms. The summed E-state index contributed by atoms with van der Waals surface area (Å²) in [7, 11) is 0. The molecule has 0 aromatic carbocycles. The largest absolute Gasteiger partial charge is 0.369 e. The van der Waals surface area contributed by atoms with Gasteiger partial charge in [0, 0.05) is 16.7 Å². The van der Waals surface area contributed by atoms with Crippen molar-refractivity contribution in [2.75, 3.05) is 0 Å². The van der Waals surface area contributed by atoms with E-state index in [2.05, 4.69) is 39.8 Å². The molecule has 0 saturated carbocycles. The molecule has 2 heteroatoms. The second-order valence-electron chi connectivity index (χ2n) is 6.58. The third-order valence-electron chi connectivity index (χ3n) is 4.43. The summed E-state index contributed by atoms with van der Waals surface area (Å²) < 4.78 is 0. The van der Waals surface area contributed by atoms with Crippen molar-refractivity contribution >= 4 is 5.91 Å². The van der Waals surface area contributed by atoms with E-state index in [1.165, 1.54) is 11.1 Å². The summed E-state index contributed by atoms with van der Waals surface area (Å²) in [6, 6.07) is 0. The zero-order chi connectivity index (χ0) is 12.8. The number of hydrogen-bond donors (Lipinski definition) is 1. The van der Waals surface area contributed by atoms with Crippen LogP contribution in [0.5, 0.6) is 0 Å². The van der Waals surface area contributed by atoms with Gasteiger partial charge in [0.1, 0.15) is 0 Å². The Morgan fingerprint density at radius 1 is 1.18 bits per heavy atom. The van der Waals surface area contributed by atoms with Crippen LogP contribution in [0.1, 0.15) is 47.0 Å². The van der Waals surface area contributed by atoms with Crippen molar-refractivity contribution in [1.82, 2.24) is 0 Å². The van der Waals surface area contributed by atoms with Crippen LogP contribution in [0.25, 0.3) is 0 Å². The monoisotopic (exact) mass is 233 g/mol. The molecule has 1 amide bonds. The third kappa shape index (κ3) is 2.05. The van der Waals surface area contributed by atoms with E-state index in [1.807, 2.05) is 0 Å². The first-order valence-corrected chi connectivity index (χ1v) is 6.47. The van der Waals surface area contributed by atoms with Crippen molar-refractivity contribution in [2.24, 2.45) is 22.5 Å². The van der Waals surface area contributed by atoms with Gasteiger partial charge in [-0.1, -0.05) is 51.0 Å². The first-order chi connectivity index (χ1) is 7.74. The summed E-state index contributed by atoms with van der Waals surface area (Å²) in [5.74, 6) is -0.102. The summed E-state index contributed by atoms with van der Waals surface area (Å²) in [4.78, 5) is 11.4. The Morgan fingerprint density at radius 3 is 2.24 bits per heavy atom. The van der Waals surface area contributed by atoms with Crippen LogP contribution in [-0.2, 0) is 4.79 Å². The Labute approximate surface area is 104 Å². The first-order valence-electron chi connectivity index (χ1n) is 6.47. The minimum atomic E-state index is -0.139. The van der Waals surface area contributed by atoms with Gasteiger partial charge in [-0.3, -0.25) is 4.79 Å². The maximum absolute atomic E-state index is 11.4. The Bertz CT molecular complexity index is 413. The fourth-order valence-corrected chi connectivity index (χ4v) is 3.16. The van der Waals surface area contributed by atoms with E-state index in [4.69, 9.17) is 5.73 Å². The normalized spacial score (nSPS) is 30.0. The lowest BCUT2D eigenvalue weighted by molar-refractivity contribution is -0.122. The molecule has 2 nitrogen and oxygen atoms in total. The highest BCUT2D eigenvalue weighted by Gasteiger charge is 2.39. The molecule has 94 valence electrons. The average molecular weight is 233 g/mol. The molecule has 0 heterocycles. The molecule has 2 N–H and O–H groups in total. The maximum Gasteiger partial charge on any atom is 0.220 e. The predicted octanol–water partition coefficient (Wildman–Crippen LogP) is 3.19. The van der Waals surface area contributed by atoms with Gasteiger partial charge in [0.25, 0.3) is 0 Å². The van der Waals surface area contributed by atoms with Gasteiger partial charge < -0.3 is 5.73 Å². The van der Waals surface area contributed by atoms with Gasteiger partial charge in [0.05, 0.1) is 0 Å². The quantitative estimate of drug-likeness (QED) is 0.694. The number of nitrogens with two attached hydrogens (primary N) is 1. The molecule has 0 saturated heterocycles. The van der Waals surface area contributed by atoms with Crippen molar-refractivity contribution in [1.29, 1.82) is 0 Å². The molecule has 0 aromatic rings. The van der Waals surface area contributed by atoms with Crippen LogP contribution in [0.15, 0.2) is 23.3 Å². The van der Waals surface area contributed by atoms with Crippen LogP contribution < -0.4 is 5.73 Å². The summed E-state index contributed by atoms with van der Waals surface area (Å²) in [6.45, 7) is 8.99. The van der Waals surface area contributed by atoms with Gasteiger partial charge in [-0.05, 0) is 19.3 Å². The molecule has 0 spiro atoms. The van der Waals surface area contributed by atoms with Gasteiger partial charge in [-0.15, -0.1) is 0 Å². The molecule has 0 fully saturated rings. The average Bonchev–Trinajstić information content (AvgIpc) is 2.24. The molecule has 0 aromatic heterocycles. The van der Waals surface area contributed by atoms with Gasteiger partial charge in [0.2, 0.25) is 5.91 Å². The van der Waals surface area contributed by atoms with E-state index in [0.717, 1.165) is 19.3 Å². The standard InChI is InChI=1S/C15H23NO/c1-14(2)7-8-15(3,4)12-9-10(13(16)17)5-6-11(12)14/h7-8,10H,5-6,9H2,1-4H3,(H2,16,17). The van der Waals surface area contributed by atoms with E-state index >= 15 is 0 Å². The van der Waals surface area contributed by atoms with E-state index in [0.29, 0.717) is 0 Å². The minimum absolute atomic E-state index is 0.0373. The lowest BCUT2D eigenvalue weighted by Crippen LogP contribution is -2.34. The van der Waals surface area contributed by atoms with E-state index < -0.39 is 0 Å². The summed E-state index contributed by atoms with van der Waals surface area (Å²) in [6.07, 6.45) is 7.39. The number of rotatable bonds is 1. The number of primary amides is 1. The molecule has 1 unspecified atom stereocenters. The van der Waals surface area contributed by atoms with Crippen LogP contribution in [-0.4, -0.2) is 5.91 Å². The van der Waals surface area contributed by atoms with E-state index in [-0.39, 0.29) is 22.7 Å². The Kier molecular flexibility index (Phi) is 2.72. The van der Waals surface area contributed by atoms with Crippen LogP contribution in [0, 0.1) is 16.7 Å². The molecule has 0 bridgehead atoms. The van der Waals surface area contributed by atoms with Crippen LogP contribution in [0.4, 0.5) is 0 Å². The van der Waals surface area contributed by atoms with Crippen LogP contribution in [0.2, 0.25) is 0 Å². The van der Waals surface area contributed by atoms with Crippen LogP contribution >= 0.6 is 0 Å². The molecular weight excluding hydrogens is 210 g/mol. The number of allylic oxidation sites excluding steroid dienone is 4. The van der Waals surface area contributed by atoms with E-state index in [1.54, 1.807) is 0 Å². The molecule has 2 aliphatic carbocycles. The van der Waals surface area contributed by atoms with Crippen molar-refractivity contribution in [2.45, 2.75) is 47.0 Å². The molecule has 0 aliphatic heterocycles. The maximum atomic E-state index is 11.4. The minimum Gasteiger partial charge on any atom is -0.369 e. The smallest absolute Gasteiger partial charge is 0.220 e. The first kappa shape index (κ1) is 12.4. The highest BCUT2D eigenvalue weighted by molar-refractivity contribution is 5.77. The lowest BCUT2D eigenvalue weighted by Gasteiger charge is -2.43. The Morgan fingerprint density at radius 2 is 1.71 bits per heavy atom. The summed E-state index contributed by atoms with van der Waals surface area (Å²) in [5, 5.41) is 0. The second kappa shape index (κ2) is 3.72. The Balaban J connectivity index is 2.41. The fraction of sp³-hybridized carbons (Fsp3) is 0.667. The third-order valence-corrected chi connectivity index (χ3v) is 4.43. The SMILES string of the molecule is CC1(C)C=CC(C)(C)C2=C1CCC(C(N)=O)C2. The van der Waals surface area contributed by atoms with E-state index in [9.17, 15) is 4.79 Å². The molecular formula is C15H23NO. The topological polar surface area (TPSA) is 43.1 Å². The molecule has 1 atom stereocenters. The highest BCUT2D eigenvalue weighted by Crippen LogP contribution is 2.50. The molecule has 2 rings (SSSR count). The van der Waals surface area contributed by atoms with Crippen molar-refractivity contribution in [3.63, 3.8) is 0 Å². The Hall–Kier alpha value is -1.05. The predicted molar refractivity (Wildman–Crippen MR) is 70.3 cm³/mol. The summed E-state index contributed by atoms with van der Waals surface area (Å²) >= 11 is 0. The number of amides is 1. The number of carbonyl (C=O) groups excluding carboxylic acids is 1. The molecule has 0 radical (unpaired) electrons. The number of carbonyl (C=O) groups is 1. The molecule has 2 aliphatic rings. The zero-order valence-electron chi connectivity index (χ0n) is 11.3. The summed E-state index contributed by atoms with van der Waals surface area (Å²) in [5.41, 5.74) is 8.67. The fourth-order valence-electron chi connectivity index (χ4n) is 3.16. The van der Waals surface area contributed by atoms with Crippen molar-refractivity contribution in [3.05, 3.63) is 23.3 Å². The van der Waals surface area contributed by atoms with Crippen LogP contribution in [0.3, 0.4) is 0 Å².